The zero-order chi connectivity index (χ0) is 20.8. The van der Waals surface area contributed by atoms with Gasteiger partial charge in [-0.3, -0.25) is 9.59 Å². The van der Waals surface area contributed by atoms with Crippen molar-refractivity contribution in [3.05, 3.63) is 59.1 Å². The number of nitrogens with zero attached hydrogens (tertiary/aromatic N) is 2. The van der Waals surface area contributed by atoms with Crippen LogP contribution >= 0.6 is 23.8 Å². The van der Waals surface area contributed by atoms with Crippen molar-refractivity contribution >= 4 is 52.1 Å². The number of carbonyl (C=O) groups excluding carboxylic acids is 2. The van der Waals surface area contributed by atoms with Crippen molar-refractivity contribution in [1.29, 1.82) is 0 Å². The van der Waals surface area contributed by atoms with Crippen molar-refractivity contribution < 1.29 is 9.59 Å². The largest absolute Gasteiger partial charge is 0.366 e. The van der Waals surface area contributed by atoms with Crippen LogP contribution in [0.25, 0.3) is 0 Å². The minimum Gasteiger partial charge on any atom is -0.366 e. The van der Waals surface area contributed by atoms with Crippen LogP contribution in [0.4, 0.5) is 11.4 Å². The molecule has 8 heteroatoms. The van der Waals surface area contributed by atoms with Crippen LogP contribution in [0.1, 0.15) is 12.5 Å². The van der Waals surface area contributed by atoms with Gasteiger partial charge in [0.05, 0.1) is 17.8 Å². The van der Waals surface area contributed by atoms with E-state index in [0.717, 1.165) is 30.0 Å². The Balaban J connectivity index is 1.58. The molecular formula is C21H23ClN4O2S. The van der Waals surface area contributed by atoms with Crippen molar-refractivity contribution in [3.8, 4) is 0 Å². The Morgan fingerprint density at radius 3 is 2.34 bits per heavy atom. The second-order valence-corrected chi connectivity index (χ2v) is 7.66. The van der Waals surface area contributed by atoms with Crippen molar-refractivity contribution in [2.75, 3.05) is 36.4 Å². The van der Waals surface area contributed by atoms with E-state index in [2.05, 4.69) is 15.5 Å². The van der Waals surface area contributed by atoms with Gasteiger partial charge >= 0.3 is 0 Å². The average Bonchev–Trinajstić information content (AvgIpc) is 2.70. The molecule has 0 saturated carbocycles. The van der Waals surface area contributed by atoms with Crippen molar-refractivity contribution in [3.63, 3.8) is 0 Å². The Morgan fingerprint density at radius 1 is 1.03 bits per heavy atom. The van der Waals surface area contributed by atoms with E-state index >= 15 is 0 Å². The van der Waals surface area contributed by atoms with E-state index in [0.29, 0.717) is 18.1 Å². The van der Waals surface area contributed by atoms with E-state index in [1.165, 1.54) is 0 Å². The number of piperazine rings is 1. The zero-order valence-electron chi connectivity index (χ0n) is 16.2. The minimum absolute atomic E-state index is 0.0978. The number of amides is 2. The van der Waals surface area contributed by atoms with Gasteiger partial charge in [0.1, 0.15) is 0 Å². The standard InChI is InChI=1S/C21H23ClN4O2S/c1-15(27)25-10-12-26(13-11-25)19-5-3-2-4-18(19)23-21(29)24-20(28)14-16-6-8-17(22)9-7-16/h2-9H,10-14H2,1H3,(H2,23,24,28,29). The van der Waals surface area contributed by atoms with Gasteiger partial charge in [-0.05, 0) is 42.0 Å². The van der Waals surface area contributed by atoms with Gasteiger partial charge in [-0.25, -0.2) is 0 Å². The molecule has 29 heavy (non-hydrogen) atoms. The molecule has 1 fully saturated rings. The first-order valence-corrected chi connectivity index (χ1v) is 10.2. The summed E-state index contributed by atoms with van der Waals surface area (Å²) >= 11 is 11.2. The first-order chi connectivity index (χ1) is 13.9. The third kappa shape index (κ3) is 5.92. The summed E-state index contributed by atoms with van der Waals surface area (Å²) in [6.45, 7) is 4.45. The maximum atomic E-state index is 12.3. The van der Waals surface area contributed by atoms with E-state index in [4.69, 9.17) is 23.8 Å². The molecule has 0 aromatic heterocycles. The summed E-state index contributed by atoms with van der Waals surface area (Å²) in [5, 5.41) is 6.72. The molecular weight excluding hydrogens is 408 g/mol. The molecule has 1 aliphatic rings. The van der Waals surface area contributed by atoms with Crippen molar-refractivity contribution in [2.24, 2.45) is 0 Å². The van der Waals surface area contributed by atoms with Crippen LogP contribution in [-0.2, 0) is 16.0 Å². The lowest BCUT2D eigenvalue weighted by molar-refractivity contribution is -0.129. The minimum atomic E-state index is -0.197. The monoisotopic (exact) mass is 430 g/mol. The quantitative estimate of drug-likeness (QED) is 0.730. The SMILES string of the molecule is CC(=O)N1CCN(c2ccccc2NC(=S)NC(=O)Cc2ccc(Cl)cc2)CC1. The lowest BCUT2D eigenvalue weighted by atomic mass is 10.1. The molecule has 2 amide bonds. The molecule has 152 valence electrons. The van der Waals surface area contributed by atoms with Crippen molar-refractivity contribution in [2.45, 2.75) is 13.3 Å². The highest BCUT2D eigenvalue weighted by Gasteiger charge is 2.20. The molecule has 0 spiro atoms. The van der Waals surface area contributed by atoms with Crippen LogP contribution in [0, 0.1) is 0 Å². The highest BCUT2D eigenvalue weighted by atomic mass is 35.5. The first kappa shape index (κ1) is 21.1. The molecule has 1 aliphatic heterocycles. The predicted octanol–water partition coefficient (Wildman–Crippen LogP) is 3.06. The fraction of sp³-hybridized carbons (Fsp3) is 0.286. The topological polar surface area (TPSA) is 64.7 Å². The molecule has 1 saturated heterocycles. The molecule has 1 heterocycles. The number of carbonyl (C=O) groups is 2. The normalized spacial score (nSPS) is 13.7. The van der Waals surface area contributed by atoms with Gasteiger partial charge in [-0.15, -0.1) is 0 Å². The van der Waals surface area contributed by atoms with E-state index in [1.54, 1.807) is 19.1 Å². The molecule has 2 N–H and O–H groups in total. The maximum absolute atomic E-state index is 12.3. The van der Waals surface area contributed by atoms with Gasteiger partial charge < -0.3 is 20.4 Å². The molecule has 3 rings (SSSR count). The lowest BCUT2D eigenvalue weighted by Gasteiger charge is -2.36. The van der Waals surface area contributed by atoms with E-state index in [9.17, 15) is 9.59 Å². The Hall–Kier alpha value is -2.64. The number of anilines is 2. The van der Waals surface area contributed by atoms with Crippen LogP contribution in [0.5, 0.6) is 0 Å². The van der Waals surface area contributed by atoms with Crippen LogP contribution in [0.2, 0.25) is 5.02 Å². The third-order valence-electron chi connectivity index (χ3n) is 4.75. The van der Waals surface area contributed by atoms with Crippen LogP contribution in [-0.4, -0.2) is 48.0 Å². The Kier molecular flexibility index (Phi) is 7.06. The molecule has 0 aliphatic carbocycles. The number of para-hydroxylation sites is 2. The van der Waals surface area contributed by atoms with Gasteiger partial charge in [0.2, 0.25) is 11.8 Å². The summed E-state index contributed by atoms with van der Waals surface area (Å²) in [5.74, 6) is -0.0991. The van der Waals surface area contributed by atoms with Crippen LogP contribution in [0.3, 0.4) is 0 Å². The van der Waals surface area contributed by atoms with Gasteiger partial charge in [-0.1, -0.05) is 35.9 Å². The van der Waals surface area contributed by atoms with Gasteiger partial charge in [0.15, 0.2) is 5.11 Å². The molecule has 0 unspecified atom stereocenters. The molecule has 0 atom stereocenters. The second kappa shape index (κ2) is 9.71. The summed E-state index contributed by atoms with van der Waals surface area (Å²) in [5.41, 5.74) is 2.67. The van der Waals surface area contributed by atoms with Crippen LogP contribution < -0.4 is 15.5 Å². The summed E-state index contributed by atoms with van der Waals surface area (Å²) in [4.78, 5) is 27.9. The Bertz CT molecular complexity index is 896. The summed E-state index contributed by atoms with van der Waals surface area (Å²) in [7, 11) is 0. The van der Waals surface area contributed by atoms with Gasteiger partial charge in [-0.2, -0.15) is 0 Å². The van der Waals surface area contributed by atoms with Crippen LogP contribution in [0.15, 0.2) is 48.5 Å². The van der Waals surface area contributed by atoms with Gasteiger partial charge in [0, 0.05) is 38.1 Å². The van der Waals surface area contributed by atoms with Crippen molar-refractivity contribution in [1.82, 2.24) is 10.2 Å². The molecule has 2 aromatic carbocycles. The number of thiocarbonyl (C=S) groups is 1. The highest BCUT2D eigenvalue weighted by Crippen LogP contribution is 2.26. The first-order valence-electron chi connectivity index (χ1n) is 9.37. The molecule has 0 radical (unpaired) electrons. The maximum Gasteiger partial charge on any atom is 0.230 e. The fourth-order valence-electron chi connectivity index (χ4n) is 3.23. The molecule has 0 bridgehead atoms. The number of benzene rings is 2. The lowest BCUT2D eigenvalue weighted by Crippen LogP contribution is -2.48. The number of halogens is 1. The average molecular weight is 431 g/mol. The second-order valence-electron chi connectivity index (χ2n) is 6.82. The van der Waals surface area contributed by atoms with E-state index in [1.807, 2.05) is 41.3 Å². The zero-order valence-corrected chi connectivity index (χ0v) is 17.7. The predicted molar refractivity (Wildman–Crippen MR) is 120 cm³/mol. The van der Waals surface area contributed by atoms with E-state index in [-0.39, 0.29) is 23.3 Å². The number of hydrogen-bond donors (Lipinski definition) is 2. The number of hydrogen-bond acceptors (Lipinski definition) is 4. The fourth-order valence-corrected chi connectivity index (χ4v) is 3.58. The number of nitrogens with one attached hydrogen (secondary N) is 2. The highest BCUT2D eigenvalue weighted by molar-refractivity contribution is 7.80. The molecule has 2 aromatic rings. The molecule has 6 nitrogen and oxygen atoms in total. The summed E-state index contributed by atoms with van der Waals surface area (Å²) in [6, 6.07) is 14.9. The third-order valence-corrected chi connectivity index (χ3v) is 5.20. The number of rotatable bonds is 4. The summed E-state index contributed by atoms with van der Waals surface area (Å²) in [6.07, 6.45) is 0.216. The van der Waals surface area contributed by atoms with E-state index < -0.39 is 0 Å². The Labute approximate surface area is 180 Å². The van der Waals surface area contributed by atoms with Gasteiger partial charge in [0.25, 0.3) is 0 Å². The summed E-state index contributed by atoms with van der Waals surface area (Å²) < 4.78 is 0. The smallest absolute Gasteiger partial charge is 0.230 e. The Morgan fingerprint density at radius 2 is 1.69 bits per heavy atom.